The standard InChI is InChI=1S/C14H20ClN3O2/c1-3-9(2)12(18-14(16)20)13(19)17-8-10-4-6-11(15)7-5-10/h4-7,9,12H,3,8H2,1-2H3,(H,17,19)(H3,16,18,20). The van der Waals surface area contributed by atoms with Gasteiger partial charge in [-0.2, -0.15) is 0 Å². The van der Waals surface area contributed by atoms with E-state index in [-0.39, 0.29) is 11.8 Å². The van der Waals surface area contributed by atoms with Gasteiger partial charge in [-0.15, -0.1) is 0 Å². The van der Waals surface area contributed by atoms with Crippen LogP contribution in [0.25, 0.3) is 0 Å². The van der Waals surface area contributed by atoms with E-state index in [9.17, 15) is 9.59 Å². The molecular formula is C14H20ClN3O2. The Kier molecular flexibility index (Phi) is 6.31. The molecule has 20 heavy (non-hydrogen) atoms. The number of rotatable bonds is 6. The molecule has 0 bridgehead atoms. The molecule has 2 unspecified atom stereocenters. The fraction of sp³-hybridized carbons (Fsp3) is 0.429. The Morgan fingerprint density at radius 1 is 1.30 bits per heavy atom. The highest BCUT2D eigenvalue weighted by Crippen LogP contribution is 2.10. The summed E-state index contributed by atoms with van der Waals surface area (Å²) < 4.78 is 0. The number of hydrogen-bond acceptors (Lipinski definition) is 2. The maximum atomic E-state index is 12.1. The lowest BCUT2D eigenvalue weighted by atomic mass is 9.98. The largest absolute Gasteiger partial charge is 0.352 e. The van der Waals surface area contributed by atoms with Gasteiger partial charge in [-0.1, -0.05) is 44.0 Å². The van der Waals surface area contributed by atoms with Crippen molar-refractivity contribution in [2.45, 2.75) is 32.9 Å². The minimum absolute atomic E-state index is 0.00715. The van der Waals surface area contributed by atoms with Crippen molar-refractivity contribution in [3.05, 3.63) is 34.9 Å². The summed E-state index contributed by atoms with van der Waals surface area (Å²) in [6.45, 7) is 4.22. The number of nitrogens with two attached hydrogens (primary N) is 1. The minimum atomic E-state index is -0.697. The summed E-state index contributed by atoms with van der Waals surface area (Å²) in [6.07, 6.45) is 0.763. The first-order valence-electron chi connectivity index (χ1n) is 6.52. The van der Waals surface area contributed by atoms with Gasteiger partial charge in [-0.05, 0) is 23.6 Å². The Morgan fingerprint density at radius 2 is 1.90 bits per heavy atom. The molecule has 3 amide bonds. The van der Waals surface area contributed by atoms with E-state index in [1.807, 2.05) is 26.0 Å². The molecule has 0 saturated carbocycles. The molecule has 4 N–H and O–H groups in total. The molecule has 5 nitrogen and oxygen atoms in total. The van der Waals surface area contributed by atoms with Crippen LogP contribution < -0.4 is 16.4 Å². The highest BCUT2D eigenvalue weighted by atomic mass is 35.5. The molecule has 0 aliphatic carbocycles. The molecule has 1 rings (SSSR count). The maximum Gasteiger partial charge on any atom is 0.312 e. The third kappa shape index (κ3) is 5.09. The SMILES string of the molecule is CCC(C)C(NC(N)=O)C(=O)NCc1ccc(Cl)cc1. The molecule has 0 radical (unpaired) electrons. The van der Waals surface area contributed by atoms with Crippen LogP contribution in [-0.2, 0) is 11.3 Å². The Labute approximate surface area is 123 Å². The monoisotopic (exact) mass is 297 g/mol. The molecule has 0 heterocycles. The molecule has 0 aromatic heterocycles. The van der Waals surface area contributed by atoms with Crippen molar-refractivity contribution >= 4 is 23.5 Å². The average Bonchev–Trinajstić information content (AvgIpc) is 2.42. The number of halogens is 1. The van der Waals surface area contributed by atoms with Crippen LogP contribution in [0.2, 0.25) is 5.02 Å². The van der Waals surface area contributed by atoms with Crippen molar-refractivity contribution in [1.82, 2.24) is 10.6 Å². The second-order valence-corrected chi connectivity index (χ2v) is 5.15. The fourth-order valence-electron chi connectivity index (χ4n) is 1.76. The number of urea groups is 1. The van der Waals surface area contributed by atoms with Gasteiger partial charge in [0.1, 0.15) is 6.04 Å². The van der Waals surface area contributed by atoms with Crippen LogP contribution in [0.1, 0.15) is 25.8 Å². The molecule has 1 aromatic rings. The van der Waals surface area contributed by atoms with Gasteiger partial charge in [0, 0.05) is 11.6 Å². The molecule has 6 heteroatoms. The van der Waals surface area contributed by atoms with E-state index in [2.05, 4.69) is 10.6 Å². The Bertz CT molecular complexity index is 462. The van der Waals surface area contributed by atoms with Gasteiger partial charge in [-0.25, -0.2) is 4.79 Å². The number of benzene rings is 1. The summed E-state index contributed by atoms with van der Waals surface area (Å²) in [6, 6.07) is 5.88. The molecular weight excluding hydrogens is 278 g/mol. The first kappa shape index (κ1) is 16.3. The number of primary amides is 1. The van der Waals surface area contributed by atoms with Gasteiger partial charge in [-0.3, -0.25) is 4.79 Å². The first-order valence-corrected chi connectivity index (χ1v) is 6.90. The van der Waals surface area contributed by atoms with Crippen molar-refractivity contribution in [3.63, 3.8) is 0 Å². The molecule has 110 valence electrons. The van der Waals surface area contributed by atoms with Crippen LogP contribution in [0, 0.1) is 5.92 Å². The minimum Gasteiger partial charge on any atom is -0.352 e. The highest BCUT2D eigenvalue weighted by molar-refractivity contribution is 6.30. The second kappa shape index (κ2) is 7.75. The zero-order valence-electron chi connectivity index (χ0n) is 11.7. The van der Waals surface area contributed by atoms with Crippen molar-refractivity contribution in [2.75, 3.05) is 0 Å². The van der Waals surface area contributed by atoms with Crippen molar-refractivity contribution in [1.29, 1.82) is 0 Å². The number of carbonyl (C=O) groups excluding carboxylic acids is 2. The van der Waals surface area contributed by atoms with Gasteiger partial charge in [0.15, 0.2) is 0 Å². The first-order chi connectivity index (χ1) is 9.43. The highest BCUT2D eigenvalue weighted by Gasteiger charge is 2.24. The summed E-state index contributed by atoms with van der Waals surface area (Å²) >= 11 is 5.79. The van der Waals surface area contributed by atoms with Crippen molar-refractivity contribution < 1.29 is 9.59 Å². The summed E-state index contributed by atoms with van der Waals surface area (Å²) in [4.78, 5) is 23.1. The van der Waals surface area contributed by atoms with E-state index in [0.717, 1.165) is 12.0 Å². The summed E-state index contributed by atoms with van der Waals surface area (Å²) in [5.74, 6) is -0.235. The predicted molar refractivity (Wildman–Crippen MR) is 79.3 cm³/mol. The summed E-state index contributed by atoms with van der Waals surface area (Å²) in [7, 11) is 0. The predicted octanol–water partition coefficient (Wildman–Crippen LogP) is 2.04. The second-order valence-electron chi connectivity index (χ2n) is 4.72. The molecule has 0 saturated heterocycles. The van der Waals surface area contributed by atoms with Crippen molar-refractivity contribution in [3.8, 4) is 0 Å². The fourth-order valence-corrected chi connectivity index (χ4v) is 1.88. The van der Waals surface area contributed by atoms with Crippen LogP contribution in [0.5, 0.6) is 0 Å². The number of amides is 3. The van der Waals surface area contributed by atoms with Crippen molar-refractivity contribution in [2.24, 2.45) is 11.7 Å². The molecule has 2 atom stereocenters. The van der Waals surface area contributed by atoms with Gasteiger partial charge in [0.25, 0.3) is 0 Å². The van der Waals surface area contributed by atoms with Crippen LogP contribution >= 0.6 is 11.6 Å². The zero-order valence-corrected chi connectivity index (χ0v) is 12.4. The van der Waals surface area contributed by atoms with E-state index in [0.29, 0.717) is 11.6 Å². The van der Waals surface area contributed by atoms with Crippen LogP contribution in [-0.4, -0.2) is 18.0 Å². The number of carbonyl (C=O) groups is 2. The lowest BCUT2D eigenvalue weighted by Crippen LogP contribution is -2.51. The van der Waals surface area contributed by atoms with Crippen LogP contribution in [0.3, 0.4) is 0 Å². The van der Waals surface area contributed by atoms with Crippen LogP contribution in [0.15, 0.2) is 24.3 Å². The topological polar surface area (TPSA) is 84.2 Å². The van der Waals surface area contributed by atoms with E-state index < -0.39 is 12.1 Å². The number of nitrogens with one attached hydrogen (secondary N) is 2. The number of hydrogen-bond donors (Lipinski definition) is 3. The van der Waals surface area contributed by atoms with E-state index >= 15 is 0 Å². The smallest absolute Gasteiger partial charge is 0.312 e. The normalized spacial score (nSPS) is 13.3. The Balaban J connectivity index is 2.61. The Morgan fingerprint density at radius 3 is 2.40 bits per heavy atom. The average molecular weight is 298 g/mol. The Hall–Kier alpha value is -1.75. The zero-order chi connectivity index (χ0) is 15.1. The molecule has 0 fully saturated rings. The van der Waals surface area contributed by atoms with Gasteiger partial charge in [0.05, 0.1) is 0 Å². The molecule has 0 aliphatic rings. The van der Waals surface area contributed by atoms with E-state index in [1.54, 1.807) is 12.1 Å². The van der Waals surface area contributed by atoms with Crippen LogP contribution in [0.4, 0.5) is 4.79 Å². The lowest BCUT2D eigenvalue weighted by Gasteiger charge is -2.22. The van der Waals surface area contributed by atoms with E-state index in [4.69, 9.17) is 17.3 Å². The maximum absolute atomic E-state index is 12.1. The van der Waals surface area contributed by atoms with Gasteiger partial charge >= 0.3 is 6.03 Å². The lowest BCUT2D eigenvalue weighted by molar-refractivity contribution is -0.124. The summed E-state index contributed by atoms with van der Waals surface area (Å²) in [5, 5.41) is 5.91. The molecule has 0 aliphatic heterocycles. The molecule has 0 spiro atoms. The quantitative estimate of drug-likeness (QED) is 0.750. The third-order valence-electron chi connectivity index (χ3n) is 3.17. The van der Waals surface area contributed by atoms with E-state index in [1.165, 1.54) is 0 Å². The van der Waals surface area contributed by atoms with Gasteiger partial charge in [0.2, 0.25) is 5.91 Å². The third-order valence-corrected chi connectivity index (χ3v) is 3.43. The van der Waals surface area contributed by atoms with Gasteiger partial charge < -0.3 is 16.4 Å². The molecule has 1 aromatic carbocycles. The summed E-state index contributed by atoms with van der Waals surface area (Å²) in [5.41, 5.74) is 6.04.